The van der Waals surface area contributed by atoms with Crippen LogP contribution >= 0.6 is 0 Å². The van der Waals surface area contributed by atoms with Gasteiger partial charge in [0.1, 0.15) is 5.52 Å². The number of rotatable bonds is 2. The van der Waals surface area contributed by atoms with Gasteiger partial charge in [0.2, 0.25) is 0 Å². The molecular formula is C12H10N4O2. The van der Waals surface area contributed by atoms with Crippen LogP contribution in [-0.2, 0) is 0 Å². The van der Waals surface area contributed by atoms with E-state index in [0.29, 0.717) is 17.1 Å². The van der Waals surface area contributed by atoms with Gasteiger partial charge in [0.05, 0.1) is 11.2 Å². The normalized spacial score (nSPS) is 10.7. The number of carbonyl (C=O) groups is 1. The lowest BCUT2D eigenvalue weighted by Gasteiger charge is -1.99. The summed E-state index contributed by atoms with van der Waals surface area (Å²) in [4.78, 5) is 21.4. The molecule has 6 nitrogen and oxygen atoms in total. The quantitative estimate of drug-likeness (QED) is 0.641. The van der Waals surface area contributed by atoms with E-state index in [0.717, 1.165) is 11.2 Å². The predicted molar refractivity (Wildman–Crippen MR) is 66.1 cm³/mol. The molecule has 90 valence electrons. The number of H-pyrrole nitrogens is 2. The van der Waals surface area contributed by atoms with Crippen LogP contribution in [0.2, 0.25) is 0 Å². The number of imidazole rings is 1. The number of benzene rings is 1. The number of para-hydroxylation sites is 1. The van der Waals surface area contributed by atoms with Crippen molar-refractivity contribution >= 4 is 17.1 Å². The van der Waals surface area contributed by atoms with Crippen LogP contribution in [0.5, 0.6) is 5.75 Å². The molecule has 4 N–H and O–H groups in total. The summed E-state index contributed by atoms with van der Waals surface area (Å²) in [6, 6.07) is 9.03. The lowest BCUT2D eigenvalue weighted by atomic mass is 10.3. The van der Waals surface area contributed by atoms with Crippen molar-refractivity contribution < 1.29 is 9.53 Å². The Hall–Kier alpha value is -2.76. The average molecular weight is 242 g/mol. The molecule has 6 heteroatoms. The molecule has 3 rings (SSSR count). The molecule has 0 saturated heterocycles. The zero-order valence-corrected chi connectivity index (χ0v) is 9.31. The fourth-order valence-electron chi connectivity index (χ4n) is 1.80. The number of aromatic nitrogens is 3. The first-order valence-corrected chi connectivity index (χ1v) is 5.34. The Balaban J connectivity index is 2.14. The molecule has 0 aliphatic rings. The molecule has 0 spiro atoms. The molecule has 1 aromatic carbocycles. The highest BCUT2D eigenvalue weighted by atomic mass is 16.5. The van der Waals surface area contributed by atoms with Crippen LogP contribution in [0.4, 0.5) is 4.79 Å². The molecule has 0 bridgehead atoms. The lowest BCUT2D eigenvalue weighted by Crippen LogP contribution is -2.16. The number of nitrogens with zero attached hydrogens (tertiary/aromatic N) is 1. The molecule has 0 atom stereocenters. The van der Waals surface area contributed by atoms with E-state index in [1.54, 1.807) is 12.1 Å². The van der Waals surface area contributed by atoms with Crippen molar-refractivity contribution in [2.24, 2.45) is 5.73 Å². The van der Waals surface area contributed by atoms with Gasteiger partial charge in [-0.25, -0.2) is 9.78 Å². The Morgan fingerprint density at radius 3 is 2.89 bits per heavy atom. The third-order valence-electron chi connectivity index (χ3n) is 2.54. The summed E-state index contributed by atoms with van der Waals surface area (Å²) in [6.45, 7) is 0. The number of primary amides is 1. The van der Waals surface area contributed by atoms with E-state index in [1.807, 2.05) is 24.4 Å². The number of nitrogens with two attached hydrogens (primary N) is 1. The molecule has 0 fully saturated rings. The number of hydrogen-bond acceptors (Lipinski definition) is 3. The topological polar surface area (TPSA) is 96.8 Å². The second-order valence-electron chi connectivity index (χ2n) is 3.74. The summed E-state index contributed by atoms with van der Waals surface area (Å²) >= 11 is 0. The van der Waals surface area contributed by atoms with Crippen LogP contribution in [-0.4, -0.2) is 21.0 Å². The van der Waals surface area contributed by atoms with Crippen molar-refractivity contribution in [3.05, 3.63) is 36.5 Å². The summed E-state index contributed by atoms with van der Waals surface area (Å²) in [6.07, 6.45) is 0.954. The molecule has 18 heavy (non-hydrogen) atoms. The second-order valence-corrected chi connectivity index (χ2v) is 3.74. The van der Waals surface area contributed by atoms with E-state index in [-0.39, 0.29) is 0 Å². The number of nitrogens with one attached hydrogen (secondary N) is 2. The predicted octanol–water partition coefficient (Wildman–Crippen LogP) is 2.02. The molecule has 0 unspecified atom stereocenters. The lowest BCUT2D eigenvalue weighted by molar-refractivity contribution is 0.211. The highest BCUT2D eigenvalue weighted by Crippen LogP contribution is 2.26. The molecule has 0 radical (unpaired) electrons. The minimum absolute atomic E-state index is 0.342. The molecule has 3 aromatic rings. The Bertz CT molecular complexity index is 700. The number of ether oxygens (including phenoxy) is 1. The number of amides is 1. The van der Waals surface area contributed by atoms with Gasteiger partial charge in [0.25, 0.3) is 0 Å². The van der Waals surface area contributed by atoms with Crippen LogP contribution in [0.1, 0.15) is 0 Å². The molecule has 0 aliphatic carbocycles. The van der Waals surface area contributed by atoms with Gasteiger partial charge in [-0.05, 0) is 24.3 Å². The Kier molecular flexibility index (Phi) is 2.26. The molecule has 0 aliphatic heterocycles. The molecule has 0 saturated carbocycles. The third-order valence-corrected chi connectivity index (χ3v) is 2.54. The smallest absolute Gasteiger partial charge is 0.408 e. The van der Waals surface area contributed by atoms with Gasteiger partial charge >= 0.3 is 6.09 Å². The van der Waals surface area contributed by atoms with Gasteiger partial charge in [-0.15, -0.1) is 0 Å². The maximum absolute atomic E-state index is 10.8. The number of aromatic amines is 2. The summed E-state index contributed by atoms with van der Waals surface area (Å²) in [7, 11) is 0. The first-order valence-electron chi connectivity index (χ1n) is 5.34. The molecular weight excluding hydrogens is 232 g/mol. The van der Waals surface area contributed by atoms with Crippen molar-refractivity contribution in [2.45, 2.75) is 0 Å². The summed E-state index contributed by atoms with van der Waals surface area (Å²) in [5, 5.41) is 0. The van der Waals surface area contributed by atoms with E-state index in [1.165, 1.54) is 0 Å². The van der Waals surface area contributed by atoms with Crippen LogP contribution in [0, 0.1) is 0 Å². The zero-order chi connectivity index (χ0) is 12.5. The Labute approximate surface area is 102 Å². The van der Waals surface area contributed by atoms with Gasteiger partial charge in [-0.1, -0.05) is 6.07 Å². The number of fused-ring (bicyclic) bond motifs is 1. The van der Waals surface area contributed by atoms with Crippen LogP contribution in [0.25, 0.3) is 22.6 Å². The van der Waals surface area contributed by atoms with E-state index in [2.05, 4.69) is 15.0 Å². The minimum atomic E-state index is -0.855. The highest BCUT2D eigenvalue weighted by molar-refractivity contribution is 5.86. The van der Waals surface area contributed by atoms with Gasteiger partial charge in [0.15, 0.2) is 11.6 Å². The monoisotopic (exact) mass is 242 g/mol. The van der Waals surface area contributed by atoms with Crippen molar-refractivity contribution in [2.75, 3.05) is 0 Å². The van der Waals surface area contributed by atoms with E-state index < -0.39 is 6.09 Å². The first-order chi connectivity index (χ1) is 8.74. The van der Waals surface area contributed by atoms with E-state index >= 15 is 0 Å². The summed E-state index contributed by atoms with van der Waals surface area (Å²) in [5.74, 6) is 1.02. The van der Waals surface area contributed by atoms with Crippen LogP contribution < -0.4 is 10.5 Å². The summed E-state index contributed by atoms with van der Waals surface area (Å²) in [5.41, 5.74) is 7.22. The van der Waals surface area contributed by atoms with Crippen molar-refractivity contribution in [1.82, 2.24) is 15.0 Å². The van der Waals surface area contributed by atoms with Gasteiger partial charge in [-0.3, -0.25) is 0 Å². The van der Waals surface area contributed by atoms with Crippen molar-refractivity contribution in [3.63, 3.8) is 0 Å². The maximum atomic E-state index is 10.8. The van der Waals surface area contributed by atoms with Crippen molar-refractivity contribution in [1.29, 1.82) is 0 Å². The minimum Gasteiger partial charge on any atom is -0.408 e. The second kappa shape index (κ2) is 3.92. The van der Waals surface area contributed by atoms with Crippen LogP contribution in [0.3, 0.4) is 0 Å². The highest BCUT2D eigenvalue weighted by Gasteiger charge is 2.11. The van der Waals surface area contributed by atoms with Gasteiger partial charge in [0, 0.05) is 6.20 Å². The van der Waals surface area contributed by atoms with E-state index in [4.69, 9.17) is 10.5 Å². The molecule has 2 heterocycles. The SMILES string of the molecule is NC(=O)Oc1cccc2[nH]c(-c3ccc[nH]3)nc12. The molecule has 1 amide bonds. The molecule has 2 aromatic heterocycles. The zero-order valence-electron chi connectivity index (χ0n) is 9.31. The number of hydrogen-bond donors (Lipinski definition) is 3. The van der Waals surface area contributed by atoms with Crippen molar-refractivity contribution in [3.8, 4) is 17.3 Å². The van der Waals surface area contributed by atoms with Crippen LogP contribution in [0.15, 0.2) is 36.5 Å². The summed E-state index contributed by atoms with van der Waals surface area (Å²) < 4.78 is 4.90. The van der Waals surface area contributed by atoms with Gasteiger partial charge in [-0.2, -0.15) is 0 Å². The average Bonchev–Trinajstić information content (AvgIpc) is 2.97. The maximum Gasteiger partial charge on any atom is 0.410 e. The number of carbonyl (C=O) groups excluding carboxylic acids is 1. The first kappa shape index (κ1) is 10.4. The Morgan fingerprint density at radius 1 is 1.28 bits per heavy atom. The fraction of sp³-hybridized carbons (Fsp3) is 0. The Morgan fingerprint density at radius 2 is 2.17 bits per heavy atom. The largest absolute Gasteiger partial charge is 0.410 e. The fourth-order valence-corrected chi connectivity index (χ4v) is 1.80. The standard InChI is InChI=1S/C12H10N4O2/c13-12(17)18-9-5-1-3-7-10(9)16-11(15-7)8-4-2-6-14-8/h1-6,14H,(H2,13,17)(H,15,16). The van der Waals surface area contributed by atoms with Gasteiger partial charge < -0.3 is 20.4 Å². The third kappa shape index (κ3) is 1.69. The van der Waals surface area contributed by atoms with E-state index in [9.17, 15) is 4.79 Å².